The lowest BCUT2D eigenvalue weighted by atomic mass is 9.75. The molecular formula is C34H44FN3O6. The van der Waals surface area contributed by atoms with Gasteiger partial charge in [0.05, 0.1) is 5.69 Å². The molecule has 5 rings (SSSR count). The van der Waals surface area contributed by atoms with Gasteiger partial charge in [0.1, 0.15) is 24.1 Å². The topological polar surface area (TPSA) is 106 Å². The molecule has 2 N–H and O–H groups in total. The largest absolute Gasteiger partial charge is 0.445 e. The summed E-state index contributed by atoms with van der Waals surface area (Å²) in [4.78, 5) is 41.4. The zero-order chi connectivity index (χ0) is 31.5. The fourth-order valence-electron chi connectivity index (χ4n) is 6.65. The molecule has 2 heterocycles. The number of amides is 3. The van der Waals surface area contributed by atoms with Crippen LogP contribution in [0.5, 0.6) is 0 Å². The number of rotatable bonds is 6. The first kappa shape index (κ1) is 31.8. The van der Waals surface area contributed by atoms with Gasteiger partial charge in [-0.2, -0.15) is 0 Å². The summed E-state index contributed by atoms with van der Waals surface area (Å²) >= 11 is 0. The molecule has 1 aliphatic carbocycles. The van der Waals surface area contributed by atoms with Gasteiger partial charge in [0.15, 0.2) is 0 Å². The number of nitrogens with one attached hydrogen (secondary N) is 2. The number of carbonyl (C=O) groups is 3. The maximum absolute atomic E-state index is 16.0. The Labute approximate surface area is 258 Å². The van der Waals surface area contributed by atoms with E-state index >= 15 is 4.39 Å². The number of hydrogen-bond acceptors (Lipinski definition) is 6. The predicted molar refractivity (Wildman–Crippen MR) is 165 cm³/mol. The second kappa shape index (κ2) is 13.1. The number of hydrogen-bond donors (Lipinski definition) is 2. The highest BCUT2D eigenvalue weighted by molar-refractivity contribution is 5.99. The molecule has 3 aliphatic rings. The summed E-state index contributed by atoms with van der Waals surface area (Å²) < 4.78 is 32.7. The fourth-order valence-corrected chi connectivity index (χ4v) is 6.65. The Morgan fingerprint density at radius 3 is 2.41 bits per heavy atom. The highest BCUT2D eigenvalue weighted by atomic mass is 19.1. The summed E-state index contributed by atoms with van der Waals surface area (Å²) in [6, 6.07) is 11.4. The van der Waals surface area contributed by atoms with Gasteiger partial charge >= 0.3 is 12.2 Å². The average molecular weight is 610 g/mol. The number of anilines is 2. The number of halogens is 1. The zero-order valence-corrected chi connectivity index (χ0v) is 26.1. The van der Waals surface area contributed by atoms with E-state index in [-0.39, 0.29) is 24.8 Å². The number of nitrogens with zero attached hydrogens (tertiary/aromatic N) is 1. The number of benzene rings is 2. The molecule has 44 heavy (non-hydrogen) atoms. The molecule has 0 radical (unpaired) electrons. The van der Waals surface area contributed by atoms with Crippen LogP contribution in [0.1, 0.15) is 77.3 Å². The molecule has 0 aromatic heterocycles. The van der Waals surface area contributed by atoms with Gasteiger partial charge in [0, 0.05) is 36.4 Å². The fraction of sp³-hybridized carbons (Fsp3) is 0.559. The standard InChI is InChI=1S/C34H44FN3O6/c1-22-10-12-24(13-11-22)29(37-31(40)43-20-23-8-6-5-7-9-23)30(39)36-25-18-26(35)28-27(19-25)38(32(41)44-33(2,3)4)21-34(28)14-16-42-17-15-34/h5-9,18-19,22,24,29H,10-17,20-21H2,1-4H3,(H,36,39)(H,37,40)/t22-,24-,29-/m0/s1. The molecule has 2 aliphatic heterocycles. The highest BCUT2D eigenvalue weighted by Crippen LogP contribution is 2.49. The summed E-state index contributed by atoms with van der Waals surface area (Å²) in [6.45, 7) is 8.81. The van der Waals surface area contributed by atoms with Gasteiger partial charge in [-0.15, -0.1) is 0 Å². The van der Waals surface area contributed by atoms with Crippen molar-refractivity contribution in [1.29, 1.82) is 0 Å². The zero-order valence-electron chi connectivity index (χ0n) is 26.1. The van der Waals surface area contributed by atoms with Crippen molar-refractivity contribution in [2.45, 2.75) is 89.9 Å². The van der Waals surface area contributed by atoms with Crippen LogP contribution in [0.3, 0.4) is 0 Å². The molecule has 0 unspecified atom stereocenters. The smallest absolute Gasteiger partial charge is 0.414 e. The Morgan fingerprint density at radius 1 is 1.07 bits per heavy atom. The second-order valence-corrected chi connectivity index (χ2v) is 13.5. The summed E-state index contributed by atoms with van der Waals surface area (Å²) in [5.41, 5.74) is 0.541. The van der Waals surface area contributed by atoms with Crippen molar-refractivity contribution in [3.8, 4) is 0 Å². The molecule has 9 nitrogen and oxygen atoms in total. The van der Waals surface area contributed by atoms with E-state index in [0.29, 0.717) is 43.2 Å². The summed E-state index contributed by atoms with van der Waals surface area (Å²) in [7, 11) is 0. The molecule has 1 spiro atoms. The van der Waals surface area contributed by atoms with Gasteiger partial charge in [-0.3, -0.25) is 9.69 Å². The first-order valence-electron chi connectivity index (χ1n) is 15.6. The molecule has 10 heteroatoms. The number of carbonyl (C=O) groups excluding carboxylic acids is 3. The van der Waals surface area contributed by atoms with Gasteiger partial charge in [-0.1, -0.05) is 50.1 Å². The Hall–Kier alpha value is -3.66. The molecule has 3 amide bonds. The van der Waals surface area contributed by atoms with Crippen molar-refractivity contribution < 1.29 is 33.0 Å². The Balaban J connectivity index is 1.38. The molecule has 2 aromatic carbocycles. The van der Waals surface area contributed by atoms with Crippen molar-refractivity contribution >= 4 is 29.5 Å². The van der Waals surface area contributed by atoms with E-state index in [4.69, 9.17) is 14.2 Å². The molecular weight excluding hydrogens is 565 g/mol. The van der Waals surface area contributed by atoms with Crippen LogP contribution in [0.15, 0.2) is 42.5 Å². The van der Waals surface area contributed by atoms with E-state index in [1.165, 1.54) is 11.0 Å². The van der Waals surface area contributed by atoms with Crippen LogP contribution in [0.25, 0.3) is 0 Å². The van der Waals surface area contributed by atoms with Crippen LogP contribution in [0.2, 0.25) is 0 Å². The molecule has 2 aromatic rings. The van der Waals surface area contributed by atoms with Gasteiger partial charge in [-0.05, 0) is 76.0 Å². The SMILES string of the molecule is CC(C)(C)OC(=O)N1CC2(CCOCC2)c2c(F)cc(NC(=O)[C@@H](NC(=O)OCc3ccccc3)[C@H]3CC[C@H](C)CC3)cc21. The van der Waals surface area contributed by atoms with E-state index in [2.05, 4.69) is 17.6 Å². The van der Waals surface area contributed by atoms with Crippen molar-refractivity contribution in [1.82, 2.24) is 5.32 Å². The summed E-state index contributed by atoms with van der Waals surface area (Å²) in [5, 5.41) is 5.64. The van der Waals surface area contributed by atoms with Crippen LogP contribution in [-0.4, -0.2) is 49.5 Å². The van der Waals surface area contributed by atoms with Crippen LogP contribution < -0.4 is 15.5 Å². The lowest BCUT2D eigenvalue weighted by molar-refractivity contribution is -0.119. The first-order valence-corrected chi connectivity index (χ1v) is 15.6. The van der Waals surface area contributed by atoms with Gasteiger partial charge in [0.25, 0.3) is 0 Å². The van der Waals surface area contributed by atoms with Crippen LogP contribution >= 0.6 is 0 Å². The third-order valence-electron chi connectivity index (χ3n) is 8.98. The van der Waals surface area contributed by atoms with E-state index in [1.54, 1.807) is 26.8 Å². The van der Waals surface area contributed by atoms with Crippen molar-refractivity contribution in [2.75, 3.05) is 30.0 Å². The Bertz CT molecular complexity index is 1350. The minimum atomic E-state index is -0.870. The average Bonchev–Trinajstić information content (AvgIpc) is 3.29. The lowest BCUT2D eigenvalue weighted by Gasteiger charge is -2.34. The molecule has 238 valence electrons. The monoisotopic (exact) mass is 609 g/mol. The molecule has 0 bridgehead atoms. The molecule has 1 atom stereocenters. The molecule has 2 fully saturated rings. The van der Waals surface area contributed by atoms with Crippen molar-refractivity contribution in [3.05, 3.63) is 59.4 Å². The maximum atomic E-state index is 16.0. The van der Waals surface area contributed by atoms with E-state index in [0.717, 1.165) is 31.2 Å². The molecule has 1 saturated carbocycles. The highest BCUT2D eigenvalue weighted by Gasteiger charge is 2.49. The normalized spacial score (nSPS) is 21.7. The van der Waals surface area contributed by atoms with E-state index < -0.39 is 41.0 Å². The molecule has 1 saturated heterocycles. The van der Waals surface area contributed by atoms with E-state index in [9.17, 15) is 14.4 Å². The second-order valence-electron chi connectivity index (χ2n) is 13.5. The number of ether oxygens (including phenoxy) is 3. The minimum Gasteiger partial charge on any atom is -0.445 e. The van der Waals surface area contributed by atoms with Gasteiger partial charge in [-0.25, -0.2) is 14.0 Å². The third-order valence-corrected chi connectivity index (χ3v) is 8.98. The van der Waals surface area contributed by atoms with E-state index in [1.807, 2.05) is 30.3 Å². The van der Waals surface area contributed by atoms with Gasteiger partial charge < -0.3 is 24.8 Å². The Kier molecular flexibility index (Phi) is 9.48. The maximum Gasteiger partial charge on any atom is 0.414 e. The van der Waals surface area contributed by atoms with Gasteiger partial charge in [0.2, 0.25) is 5.91 Å². The summed E-state index contributed by atoms with van der Waals surface area (Å²) in [6.07, 6.45) is 3.31. The van der Waals surface area contributed by atoms with Crippen LogP contribution in [0, 0.1) is 17.7 Å². The number of alkyl carbamates (subject to hydrolysis) is 1. The lowest BCUT2D eigenvalue weighted by Crippen LogP contribution is -2.49. The minimum absolute atomic E-state index is 0.0754. The van der Waals surface area contributed by atoms with Crippen molar-refractivity contribution in [3.63, 3.8) is 0 Å². The van der Waals surface area contributed by atoms with Crippen LogP contribution in [-0.2, 0) is 31.0 Å². The van der Waals surface area contributed by atoms with Crippen LogP contribution in [0.4, 0.5) is 25.4 Å². The predicted octanol–water partition coefficient (Wildman–Crippen LogP) is 6.69. The third kappa shape index (κ3) is 7.34. The summed E-state index contributed by atoms with van der Waals surface area (Å²) in [5.74, 6) is -0.507. The quantitative estimate of drug-likeness (QED) is 0.378. The number of fused-ring (bicyclic) bond motifs is 2. The Morgan fingerprint density at radius 2 is 1.75 bits per heavy atom. The van der Waals surface area contributed by atoms with Crippen molar-refractivity contribution in [2.24, 2.45) is 11.8 Å². The first-order chi connectivity index (χ1) is 20.9.